The molecule has 0 amide bonds. The van der Waals surface area contributed by atoms with Crippen molar-refractivity contribution in [1.29, 1.82) is 0 Å². The summed E-state index contributed by atoms with van der Waals surface area (Å²) in [6, 6.07) is 0.659. The number of rotatable bonds is 2. The SMILES string of the molecule is CCC1CN(C2(C)CCOC2C)CCCN1. The van der Waals surface area contributed by atoms with Gasteiger partial charge in [0.15, 0.2) is 0 Å². The molecule has 0 spiro atoms. The summed E-state index contributed by atoms with van der Waals surface area (Å²) in [6.07, 6.45) is 4.05. The molecule has 2 fully saturated rings. The Morgan fingerprint density at radius 3 is 2.94 bits per heavy atom. The van der Waals surface area contributed by atoms with Crippen molar-refractivity contribution in [2.45, 2.75) is 57.7 Å². The van der Waals surface area contributed by atoms with Crippen LogP contribution in [0.5, 0.6) is 0 Å². The van der Waals surface area contributed by atoms with Crippen molar-refractivity contribution in [3.8, 4) is 0 Å². The zero-order chi connectivity index (χ0) is 11.6. The van der Waals surface area contributed by atoms with Crippen LogP contribution in [0.15, 0.2) is 0 Å². The highest BCUT2D eigenvalue weighted by Gasteiger charge is 2.42. The molecule has 3 unspecified atom stereocenters. The van der Waals surface area contributed by atoms with Crippen molar-refractivity contribution in [3.05, 3.63) is 0 Å². The average molecular weight is 226 g/mol. The van der Waals surface area contributed by atoms with Gasteiger partial charge in [-0.2, -0.15) is 0 Å². The Kier molecular flexibility index (Phi) is 3.88. The standard InChI is InChI=1S/C13H26N2O/c1-4-12-10-15(8-5-7-14-12)13(3)6-9-16-11(13)2/h11-12,14H,4-10H2,1-3H3. The van der Waals surface area contributed by atoms with Crippen molar-refractivity contribution in [2.24, 2.45) is 0 Å². The average Bonchev–Trinajstić information content (AvgIpc) is 2.54. The molecule has 2 aliphatic rings. The zero-order valence-electron chi connectivity index (χ0n) is 11.0. The molecule has 0 aromatic rings. The molecular formula is C13H26N2O. The van der Waals surface area contributed by atoms with E-state index in [1.54, 1.807) is 0 Å². The molecule has 0 saturated carbocycles. The fraction of sp³-hybridized carbons (Fsp3) is 1.00. The molecule has 0 aliphatic carbocycles. The first kappa shape index (κ1) is 12.3. The molecule has 1 N–H and O–H groups in total. The van der Waals surface area contributed by atoms with Crippen LogP contribution >= 0.6 is 0 Å². The third-order valence-electron chi connectivity index (χ3n) is 4.55. The molecule has 3 nitrogen and oxygen atoms in total. The van der Waals surface area contributed by atoms with Crippen molar-refractivity contribution in [1.82, 2.24) is 10.2 Å². The summed E-state index contributed by atoms with van der Waals surface area (Å²) < 4.78 is 5.77. The maximum absolute atomic E-state index is 5.77. The predicted molar refractivity (Wildman–Crippen MR) is 66.7 cm³/mol. The van der Waals surface area contributed by atoms with Crippen molar-refractivity contribution in [3.63, 3.8) is 0 Å². The van der Waals surface area contributed by atoms with E-state index in [2.05, 4.69) is 31.0 Å². The molecule has 94 valence electrons. The van der Waals surface area contributed by atoms with E-state index in [-0.39, 0.29) is 5.54 Å². The summed E-state index contributed by atoms with van der Waals surface area (Å²) in [6.45, 7) is 11.4. The lowest BCUT2D eigenvalue weighted by Crippen LogP contribution is -2.53. The normalized spacial score (nSPS) is 42.2. The molecule has 2 saturated heterocycles. The minimum atomic E-state index is 0.263. The van der Waals surface area contributed by atoms with Gasteiger partial charge in [0.25, 0.3) is 0 Å². The highest BCUT2D eigenvalue weighted by atomic mass is 16.5. The Balaban J connectivity index is 2.06. The molecule has 3 heteroatoms. The molecule has 0 radical (unpaired) electrons. The summed E-state index contributed by atoms with van der Waals surface area (Å²) in [5.41, 5.74) is 0.263. The molecular weight excluding hydrogens is 200 g/mol. The molecule has 2 heterocycles. The van der Waals surface area contributed by atoms with Crippen LogP contribution in [0.2, 0.25) is 0 Å². The number of ether oxygens (including phenoxy) is 1. The van der Waals surface area contributed by atoms with Gasteiger partial charge in [0, 0.05) is 31.3 Å². The fourth-order valence-corrected chi connectivity index (χ4v) is 2.98. The van der Waals surface area contributed by atoms with E-state index in [1.807, 2.05) is 0 Å². The quantitative estimate of drug-likeness (QED) is 0.774. The van der Waals surface area contributed by atoms with Crippen LogP contribution in [0.4, 0.5) is 0 Å². The summed E-state index contributed by atoms with van der Waals surface area (Å²) in [5.74, 6) is 0. The van der Waals surface area contributed by atoms with E-state index in [0.29, 0.717) is 12.1 Å². The predicted octanol–water partition coefficient (Wildman–Crippen LogP) is 1.63. The summed E-state index contributed by atoms with van der Waals surface area (Å²) in [5, 5.41) is 3.63. The largest absolute Gasteiger partial charge is 0.377 e. The summed E-state index contributed by atoms with van der Waals surface area (Å²) in [7, 11) is 0. The topological polar surface area (TPSA) is 24.5 Å². The first-order valence-corrected chi connectivity index (χ1v) is 6.77. The lowest BCUT2D eigenvalue weighted by atomic mass is 9.91. The number of nitrogens with zero attached hydrogens (tertiary/aromatic N) is 1. The zero-order valence-corrected chi connectivity index (χ0v) is 11.0. The Bertz CT molecular complexity index is 234. The number of hydrogen-bond donors (Lipinski definition) is 1. The monoisotopic (exact) mass is 226 g/mol. The molecule has 2 rings (SSSR count). The highest BCUT2D eigenvalue weighted by molar-refractivity contribution is 4.97. The Hall–Kier alpha value is -0.120. The Morgan fingerprint density at radius 2 is 2.31 bits per heavy atom. The van der Waals surface area contributed by atoms with Gasteiger partial charge < -0.3 is 10.1 Å². The molecule has 0 aromatic carbocycles. The highest BCUT2D eigenvalue weighted by Crippen LogP contribution is 2.32. The van der Waals surface area contributed by atoms with E-state index in [0.717, 1.165) is 6.61 Å². The van der Waals surface area contributed by atoms with Gasteiger partial charge in [-0.15, -0.1) is 0 Å². The van der Waals surface area contributed by atoms with E-state index in [4.69, 9.17) is 4.74 Å². The third-order valence-corrected chi connectivity index (χ3v) is 4.55. The molecule has 3 atom stereocenters. The molecule has 0 aromatic heterocycles. The summed E-state index contributed by atoms with van der Waals surface area (Å²) in [4.78, 5) is 2.67. The van der Waals surface area contributed by atoms with Crippen LogP contribution in [0.3, 0.4) is 0 Å². The van der Waals surface area contributed by atoms with E-state index in [9.17, 15) is 0 Å². The number of hydrogen-bond acceptors (Lipinski definition) is 3. The third kappa shape index (κ3) is 2.27. The second-order valence-corrected chi connectivity index (χ2v) is 5.48. The molecule has 16 heavy (non-hydrogen) atoms. The van der Waals surface area contributed by atoms with Crippen LogP contribution in [-0.2, 0) is 4.74 Å². The lowest BCUT2D eigenvalue weighted by molar-refractivity contribution is 0.0192. The van der Waals surface area contributed by atoms with Gasteiger partial charge in [-0.3, -0.25) is 4.90 Å². The van der Waals surface area contributed by atoms with Gasteiger partial charge in [0.2, 0.25) is 0 Å². The second kappa shape index (κ2) is 5.03. The first-order valence-electron chi connectivity index (χ1n) is 6.77. The van der Waals surface area contributed by atoms with Crippen molar-refractivity contribution in [2.75, 3.05) is 26.2 Å². The maximum Gasteiger partial charge on any atom is 0.0728 e. The molecule has 0 bridgehead atoms. The Morgan fingerprint density at radius 1 is 1.50 bits per heavy atom. The van der Waals surface area contributed by atoms with Crippen molar-refractivity contribution < 1.29 is 4.74 Å². The van der Waals surface area contributed by atoms with Crippen LogP contribution < -0.4 is 5.32 Å². The van der Waals surface area contributed by atoms with Crippen LogP contribution in [0.25, 0.3) is 0 Å². The van der Waals surface area contributed by atoms with E-state index < -0.39 is 0 Å². The minimum absolute atomic E-state index is 0.263. The second-order valence-electron chi connectivity index (χ2n) is 5.48. The first-order chi connectivity index (χ1) is 7.66. The minimum Gasteiger partial charge on any atom is -0.377 e. The lowest BCUT2D eigenvalue weighted by Gasteiger charge is -2.41. The fourth-order valence-electron chi connectivity index (χ4n) is 2.98. The van der Waals surface area contributed by atoms with Crippen LogP contribution in [0, 0.1) is 0 Å². The Labute approximate surface area is 99.5 Å². The van der Waals surface area contributed by atoms with E-state index >= 15 is 0 Å². The molecule has 2 aliphatic heterocycles. The van der Waals surface area contributed by atoms with Gasteiger partial charge in [-0.05, 0) is 39.7 Å². The van der Waals surface area contributed by atoms with Crippen LogP contribution in [-0.4, -0.2) is 48.8 Å². The van der Waals surface area contributed by atoms with Gasteiger partial charge in [0.1, 0.15) is 0 Å². The maximum atomic E-state index is 5.77. The van der Waals surface area contributed by atoms with E-state index in [1.165, 1.54) is 38.9 Å². The van der Waals surface area contributed by atoms with Gasteiger partial charge in [0.05, 0.1) is 6.10 Å². The van der Waals surface area contributed by atoms with Gasteiger partial charge >= 0.3 is 0 Å². The van der Waals surface area contributed by atoms with Gasteiger partial charge in [-0.25, -0.2) is 0 Å². The summed E-state index contributed by atoms with van der Waals surface area (Å²) >= 11 is 0. The van der Waals surface area contributed by atoms with Crippen LogP contribution in [0.1, 0.15) is 40.0 Å². The smallest absolute Gasteiger partial charge is 0.0728 e. The number of nitrogens with one attached hydrogen (secondary N) is 1. The van der Waals surface area contributed by atoms with Crippen molar-refractivity contribution >= 4 is 0 Å². The van der Waals surface area contributed by atoms with Gasteiger partial charge in [-0.1, -0.05) is 6.92 Å².